The summed E-state index contributed by atoms with van der Waals surface area (Å²) in [6.07, 6.45) is 0. The number of anilines is 3. The molecule has 0 radical (unpaired) electrons. The SMILES string of the molecule is CC(C)c1ccccc1N(C)c1ccc(N)cc1. The maximum absolute atomic E-state index is 5.73. The van der Waals surface area contributed by atoms with Gasteiger partial charge in [0.05, 0.1) is 0 Å². The average molecular weight is 240 g/mol. The number of nitrogens with two attached hydrogens (primary N) is 1. The molecule has 0 fully saturated rings. The van der Waals surface area contributed by atoms with Crippen molar-refractivity contribution in [2.75, 3.05) is 17.7 Å². The molecule has 0 aliphatic rings. The van der Waals surface area contributed by atoms with Crippen LogP contribution in [0.15, 0.2) is 48.5 Å². The number of benzene rings is 2. The lowest BCUT2D eigenvalue weighted by Crippen LogP contribution is -2.12. The Hall–Kier alpha value is -1.96. The first kappa shape index (κ1) is 12.5. The molecule has 2 aromatic rings. The summed E-state index contributed by atoms with van der Waals surface area (Å²) < 4.78 is 0. The molecule has 0 saturated carbocycles. The molecule has 0 aromatic heterocycles. The predicted molar refractivity (Wildman–Crippen MR) is 79.4 cm³/mol. The lowest BCUT2D eigenvalue weighted by atomic mass is 10.0. The maximum atomic E-state index is 5.73. The van der Waals surface area contributed by atoms with Crippen molar-refractivity contribution in [3.63, 3.8) is 0 Å². The summed E-state index contributed by atoms with van der Waals surface area (Å²) in [5, 5.41) is 0. The second kappa shape index (κ2) is 5.13. The summed E-state index contributed by atoms with van der Waals surface area (Å²) in [6.45, 7) is 4.44. The zero-order valence-electron chi connectivity index (χ0n) is 11.2. The normalized spacial score (nSPS) is 10.7. The summed E-state index contributed by atoms with van der Waals surface area (Å²) in [4.78, 5) is 2.20. The van der Waals surface area contributed by atoms with E-state index in [0.29, 0.717) is 5.92 Å². The van der Waals surface area contributed by atoms with Crippen LogP contribution in [0.1, 0.15) is 25.3 Å². The van der Waals surface area contributed by atoms with Gasteiger partial charge in [-0.25, -0.2) is 0 Å². The molecule has 2 rings (SSSR count). The molecule has 0 aliphatic carbocycles. The second-order valence-electron chi connectivity index (χ2n) is 4.86. The summed E-state index contributed by atoms with van der Waals surface area (Å²) in [5.41, 5.74) is 10.3. The van der Waals surface area contributed by atoms with Gasteiger partial charge in [0, 0.05) is 24.1 Å². The number of hydrogen-bond donors (Lipinski definition) is 1. The van der Waals surface area contributed by atoms with Gasteiger partial charge in [-0.2, -0.15) is 0 Å². The Bertz CT molecular complexity index is 515. The predicted octanol–water partition coefficient (Wildman–Crippen LogP) is 4.16. The molecular weight excluding hydrogens is 220 g/mol. The van der Waals surface area contributed by atoms with Crippen molar-refractivity contribution in [2.24, 2.45) is 0 Å². The number of para-hydroxylation sites is 1. The van der Waals surface area contributed by atoms with E-state index in [0.717, 1.165) is 11.4 Å². The number of nitrogen functional groups attached to an aromatic ring is 1. The van der Waals surface area contributed by atoms with Crippen LogP contribution in [0.25, 0.3) is 0 Å². The second-order valence-corrected chi connectivity index (χ2v) is 4.86. The molecule has 0 heterocycles. The molecule has 2 nitrogen and oxygen atoms in total. The Balaban J connectivity index is 2.39. The average Bonchev–Trinajstić information content (AvgIpc) is 2.39. The standard InChI is InChI=1S/C16H20N2/c1-12(2)15-6-4-5-7-16(15)18(3)14-10-8-13(17)9-11-14/h4-12H,17H2,1-3H3. The van der Waals surface area contributed by atoms with Gasteiger partial charge in [-0.1, -0.05) is 32.0 Å². The molecule has 18 heavy (non-hydrogen) atoms. The van der Waals surface area contributed by atoms with Crippen molar-refractivity contribution >= 4 is 17.1 Å². The quantitative estimate of drug-likeness (QED) is 0.816. The van der Waals surface area contributed by atoms with E-state index < -0.39 is 0 Å². The van der Waals surface area contributed by atoms with Crippen LogP contribution in [0, 0.1) is 0 Å². The van der Waals surface area contributed by atoms with Gasteiger partial charge in [0.1, 0.15) is 0 Å². The molecule has 2 heteroatoms. The molecular formula is C16H20N2. The molecule has 0 saturated heterocycles. The lowest BCUT2D eigenvalue weighted by molar-refractivity contribution is 0.862. The van der Waals surface area contributed by atoms with Crippen LogP contribution in [-0.4, -0.2) is 7.05 Å². The van der Waals surface area contributed by atoms with E-state index in [4.69, 9.17) is 5.73 Å². The number of rotatable bonds is 3. The van der Waals surface area contributed by atoms with Gasteiger partial charge in [0.15, 0.2) is 0 Å². The topological polar surface area (TPSA) is 29.3 Å². The summed E-state index contributed by atoms with van der Waals surface area (Å²) in [6, 6.07) is 16.5. The fraction of sp³-hybridized carbons (Fsp3) is 0.250. The lowest BCUT2D eigenvalue weighted by Gasteiger charge is -2.24. The van der Waals surface area contributed by atoms with Crippen LogP contribution < -0.4 is 10.6 Å². The van der Waals surface area contributed by atoms with Gasteiger partial charge in [0.2, 0.25) is 0 Å². The minimum absolute atomic E-state index is 0.512. The number of nitrogens with zero attached hydrogens (tertiary/aromatic N) is 1. The molecule has 0 bridgehead atoms. The Morgan fingerprint density at radius 3 is 2.17 bits per heavy atom. The Morgan fingerprint density at radius 2 is 1.56 bits per heavy atom. The van der Waals surface area contributed by atoms with Crippen LogP contribution in [0.4, 0.5) is 17.1 Å². The molecule has 94 valence electrons. The summed E-state index contributed by atoms with van der Waals surface area (Å²) >= 11 is 0. The van der Waals surface area contributed by atoms with Gasteiger partial charge in [-0.05, 0) is 41.8 Å². The van der Waals surface area contributed by atoms with Crippen LogP contribution in [-0.2, 0) is 0 Å². The van der Waals surface area contributed by atoms with Crippen molar-refractivity contribution in [2.45, 2.75) is 19.8 Å². The van der Waals surface area contributed by atoms with Crippen LogP contribution in [0.5, 0.6) is 0 Å². The van der Waals surface area contributed by atoms with E-state index in [1.165, 1.54) is 11.3 Å². The number of hydrogen-bond acceptors (Lipinski definition) is 2. The molecule has 0 aliphatic heterocycles. The third kappa shape index (κ3) is 2.48. The van der Waals surface area contributed by atoms with E-state index in [9.17, 15) is 0 Å². The molecule has 0 spiro atoms. The summed E-state index contributed by atoms with van der Waals surface area (Å²) in [7, 11) is 2.09. The fourth-order valence-electron chi connectivity index (χ4n) is 2.12. The zero-order valence-corrected chi connectivity index (χ0v) is 11.2. The first-order chi connectivity index (χ1) is 8.59. The third-order valence-corrected chi connectivity index (χ3v) is 3.20. The minimum atomic E-state index is 0.512. The van der Waals surface area contributed by atoms with E-state index in [-0.39, 0.29) is 0 Å². The van der Waals surface area contributed by atoms with E-state index in [1.54, 1.807) is 0 Å². The van der Waals surface area contributed by atoms with Crippen molar-refractivity contribution < 1.29 is 0 Å². The van der Waals surface area contributed by atoms with Gasteiger partial charge in [-0.3, -0.25) is 0 Å². The van der Waals surface area contributed by atoms with Crippen molar-refractivity contribution in [1.82, 2.24) is 0 Å². The van der Waals surface area contributed by atoms with Crippen molar-refractivity contribution in [3.8, 4) is 0 Å². The summed E-state index contributed by atoms with van der Waals surface area (Å²) in [5.74, 6) is 0.512. The highest BCUT2D eigenvalue weighted by atomic mass is 15.1. The Labute approximate surface area is 109 Å². The highest BCUT2D eigenvalue weighted by Gasteiger charge is 2.10. The van der Waals surface area contributed by atoms with Gasteiger partial charge in [0.25, 0.3) is 0 Å². The minimum Gasteiger partial charge on any atom is -0.399 e. The van der Waals surface area contributed by atoms with E-state index in [1.807, 2.05) is 24.3 Å². The largest absolute Gasteiger partial charge is 0.399 e. The van der Waals surface area contributed by atoms with Crippen LogP contribution >= 0.6 is 0 Å². The molecule has 2 aromatic carbocycles. The zero-order chi connectivity index (χ0) is 13.1. The molecule has 0 unspecified atom stereocenters. The molecule has 2 N–H and O–H groups in total. The first-order valence-corrected chi connectivity index (χ1v) is 6.28. The first-order valence-electron chi connectivity index (χ1n) is 6.28. The van der Waals surface area contributed by atoms with Crippen LogP contribution in [0.3, 0.4) is 0 Å². The maximum Gasteiger partial charge on any atom is 0.0443 e. The highest BCUT2D eigenvalue weighted by molar-refractivity contribution is 5.67. The van der Waals surface area contributed by atoms with Gasteiger partial charge in [-0.15, -0.1) is 0 Å². The van der Waals surface area contributed by atoms with Crippen molar-refractivity contribution in [1.29, 1.82) is 0 Å². The van der Waals surface area contributed by atoms with Gasteiger partial charge < -0.3 is 10.6 Å². The van der Waals surface area contributed by atoms with Crippen LogP contribution in [0.2, 0.25) is 0 Å². The fourth-order valence-corrected chi connectivity index (χ4v) is 2.12. The monoisotopic (exact) mass is 240 g/mol. The van der Waals surface area contributed by atoms with E-state index in [2.05, 4.69) is 50.1 Å². The third-order valence-electron chi connectivity index (χ3n) is 3.20. The Kier molecular flexibility index (Phi) is 3.56. The smallest absolute Gasteiger partial charge is 0.0443 e. The van der Waals surface area contributed by atoms with Gasteiger partial charge >= 0.3 is 0 Å². The Morgan fingerprint density at radius 1 is 0.944 bits per heavy atom. The highest BCUT2D eigenvalue weighted by Crippen LogP contribution is 2.31. The molecule has 0 atom stereocenters. The molecule has 0 amide bonds. The van der Waals surface area contributed by atoms with E-state index >= 15 is 0 Å². The van der Waals surface area contributed by atoms with Crippen molar-refractivity contribution in [3.05, 3.63) is 54.1 Å².